The van der Waals surface area contributed by atoms with Crippen LogP contribution in [-0.2, 0) is 0 Å². The lowest BCUT2D eigenvalue weighted by Gasteiger charge is -2.37. The molecular weight excluding hydrogens is 339 g/mol. The number of hydrogen-bond acceptors (Lipinski definition) is 6. The molecular formula is C14H14Cl2N6O. The maximum absolute atomic E-state index is 11.8. The van der Waals surface area contributed by atoms with Crippen molar-refractivity contribution < 1.29 is 4.79 Å². The van der Waals surface area contributed by atoms with E-state index in [0.717, 1.165) is 0 Å². The molecule has 6 N–H and O–H groups in total. The quantitative estimate of drug-likeness (QED) is 0.764. The van der Waals surface area contributed by atoms with Gasteiger partial charge in [0.2, 0.25) is 5.95 Å². The first kappa shape index (κ1) is 15.8. The van der Waals surface area contributed by atoms with Gasteiger partial charge in [-0.15, -0.1) is 0 Å². The summed E-state index contributed by atoms with van der Waals surface area (Å²) in [5.41, 5.74) is 18.0. The van der Waals surface area contributed by atoms with Crippen LogP contribution in [0.25, 0.3) is 11.1 Å². The molecule has 2 aromatic rings. The Bertz CT molecular complexity index is 791. The molecule has 2 heterocycles. The molecule has 1 amide bonds. The third-order valence-electron chi connectivity index (χ3n) is 3.57. The van der Waals surface area contributed by atoms with Crippen molar-refractivity contribution in [3.63, 3.8) is 0 Å². The molecule has 1 aliphatic rings. The van der Waals surface area contributed by atoms with Crippen LogP contribution in [0.5, 0.6) is 0 Å². The number of nitrogen functional groups attached to an aromatic ring is 1. The molecule has 1 saturated heterocycles. The molecule has 1 aliphatic heterocycles. The van der Waals surface area contributed by atoms with Gasteiger partial charge in [-0.25, -0.2) is 4.98 Å². The van der Waals surface area contributed by atoms with Gasteiger partial charge in [0.05, 0.1) is 15.6 Å². The van der Waals surface area contributed by atoms with Gasteiger partial charge in [0.15, 0.2) is 0 Å². The SMILES string of the molecule is NC(=O)c1nc(N2CC(N)C2)nc(N)c1-c1cccc(Cl)c1Cl. The van der Waals surface area contributed by atoms with E-state index in [1.165, 1.54) is 0 Å². The number of anilines is 2. The van der Waals surface area contributed by atoms with Crippen molar-refractivity contribution in [3.8, 4) is 11.1 Å². The number of rotatable bonds is 3. The van der Waals surface area contributed by atoms with Crippen LogP contribution in [0, 0.1) is 0 Å². The van der Waals surface area contributed by atoms with Gasteiger partial charge >= 0.3 is 0 Å². The number of carbonyl (C=O) groups is 1. The van der Waals surface area contributed by atoms with Crippen molar-refractivity contribution in [2.45, 2.75) is 6.04 Å². The molecule has 9 heteroatoms. The highest BCUT2D eigenvalue weighted by Crippen LogP contribution is 2.38. The van der Waals surface area contributed by atoms with E-state index in [-0.39, 0.29) is 28.1 Å². The molecule has 0 aliphatic carbocycles. The summed E-state index contributed by atoms with van der Waals surface area (Å²) in [4.78, 5) is 22.1. The van der Waals surface area contributed by atoms with E-state index in [2.05, 4.69) is 9.97 Å². The van der Waals surface area contributed by atoms with Crippen LogP contribution in [0.3, 0.4) is 0 Å². The van der Waals surface area contributed by atoms with Crippen molar-refractivity contribution in [1.29, 1.82) is 0 Å². The molecule has 1 fully saturated rings. The second kappa shape index (κ2) is 5.84. The summed E-state index contributed by atoms with van der Waals surface area (Å²) in [5, 5.41) is 0.586. The van der Waals surface area contributed by atoms with Gasteiger partial charge in [0.1, 0.15) is 11.5 Å². The Morgan fingerprint density at radius 1 is 1.26 bits per heavy atom. The number of aromatic nitrogens is 2. The van der Waals surface area contributed by atoms with E-state index >= 15 is 0 Å². The van der Waals surface area contributed by atoms with Gasteiger partial charge in [0.25, 0.3) is 5.91 Å². The summed E-state index contributed by atoms with van der Waals surface area (Å²) < 4.78 is 0. The fourth-order valence-electron chi connectivity index (χ4n) is 2.42. The highest BCUT2D eigenvalue weighted by molar-refractivity contribution is 6.44. The first-order valence-electron chi connectivity index (χ1n) is 6.80. The van der Waals surface area contributed by atoms with Crippen LogP contribution in [-0.4, -0.2) is 35.0 Å². The Labute approximate surface area is 142 Å². The molecule has 120 valence electrons. The van der Waals surface area contributed by atoms with Gasteiger partial charge in [-0.3, -0.25) is 4.79 Å². The van der Waals surface area contributed by atoms with Gasteiger partial charge in [-0.05, 0) is 6.07 Å². The summed E-state index contributed by atoms with van der Waals surface area (Å²) in [6, 6.07) is 5.05. The zero-order chi connectivity index (χ0) is 16.7. The molecule has 0 spiro atoms. The summed E-state index contributed by atoms with van der Waals surface area (Å²) in [7, 11) is 0. The highest BCUT2D eigenvalue weighted by atomic mass is 35.5. The first-order chi connectivity index (χ1) is 10.9. The number of hydrogen-bond donors (Lipinski definition) is 3. The minimum atomic E-state index is -0.726. The number of primary amides is 1. The summed E-state index contributed by atoms with van der Waals surface area (Å²) >= 11 is 12.2. The van der Waals surface area contributed by atoms with Crippen LogP contribution >= 0.6 is 23.2 Å². The van der Waals surface area contributed by atoms with Crippen LogP contribution in [0.15, 0.2) is 18.2 Å². The van der Waals surface area contributed by atoms with E-state index in [1.807, 2.05) is 4.90 Å². The predicted molar refractivity (Wildman–Crippen MR) is 90.6 cm³/mol. The van der Waals surface area contributed by atoms with E-state index in [0.29, 0.717) is 29.6 Å². The largest absolute Gasteiger partial charge is 0.383 e. The van der Waals surface area contributed by atoms with Gasteiger partial charge in [0, 0.05) is 24.7 Å². The lowest BCUT2D eigenvalue weighted by atomic mass is 10.0. The van der Waals surface area contributed by atoms with Crippen molar-refractivity contribution in [3.05, 3.63) is 33.9 Å². The number of amides is 1. The molecule has 7 nitrogen and oxygen atoms in total. The van der Waals surface area contributed by atoms with Crippen molar-refractivity contribution in [1.82, 2.24) is 9.97 Å². The fourth-order valence-corrected chi connectivity index (χ4v) is 2.82. The second-order valence-electron chi connectivity index (χ2n) is 5.26. The first-order valence-corrected chi connectivity index (χ1v) is 7.56. The van der Waals surface area contributed by atoms with E-state index < -0.39 is 5.91 Å². The standard InChI is InChI=1S/C14H14Cl2N6O/c15-8-3-1-2-7(10(8)16)9-11(13(19)23)20-14(21-12(9)18)22-4-6(17)5-22/h1-3,6H,4-5,17H2,(H2,19,23)(H2,18,20,21). The Balaban J connectivity index is 2.16. The zero-order valence-electron chi connectivity index (χ0n) is 12.0. The average Bonchev–Trinajstić information content (AvgIpc) is 2.46. The van der Waals surface area contributed by atoms with Gasteiger partial charge in [-0.2, -0.15) is 4.98 Å². The number of nitrogens with two attached hydrogens (primary N) is 3. The van der Waals surface area contributed by atoms with Crippen LogP contribution in [0.4, 0.5) is 11.8 Å². The van der Waals surface area contributed by atoms with Crippen molar-refractivity contribution in [2.24, 2.45) is 11.5 Å². The Morgan fingerprint density at radius 3 is 2.57 bits per heavy atom. The Morgan fingerprint density at radius 2 is 1.96 bits per heavy atom. The van der Waals surface area contributed by atoms with E-state index in [1.54, 1.807) is 18.2 Å². The molecule has 0 saturated carbocycles. The lowest BCUT2D eigenvalue weighted by molar-refractivity contribution is 0.0996. The van der Waals surface area contributed by atoms with Crippen LogP contribution < -0.4 is 22.1 Å². The number of carbonyl (C=O) groups excluding carboxylic acids is 1. The maximum Gasteiger partial charge on any atom is 0.268 e. The second-order valence-corrected chi connectivity index (χ2v) is 6.05. The van der Waals surface area contributed by atoms with Crippen molar-refractivity contribution in [2.75, 3.05) is 23.7 Å². The summed E-state index contributed by atoms with van der Waals surface area (Å²) in [6.07, 6.45) is 0. The number of benzene rings is 1. The van der Waals surface area contributed by atoms with E-state index in [4.69, 9.17) is 40.4 Å². The minimum Gasteiger partial charge on any atom is -0.383 e. The number of nitrogens with zero attached hydrogens (tertiary/aromatic N) is 3. The van der Waals surface area contributed by atoms with Gasteiger partial charge in [-0.1, -0.05) is 35.3 Å². The van der Waals surface area contributed by atoms with Gasteiger partial charge < -0.3 is 22.1 Å². The highest BCUT2D eigenvalue weighted by Gasteiger charge is 2.28. The molecule has 1 aromatic heterocycles. The predicted octanol–water partition coefficient (Wildman–Crippen LogP) is 1.28. The van der Waals surface area contributed by atoms with Crippen LogP contribution in [0.2, 0.25) is 10.0 Å². The fraction of sp³-hybridized carbons (Fsp3) is 0.214. The molecule has 0 bridgehead atoms. The average molecular weight is 353 g/mol. The zero-order valence-corrected chi connectivity index (χ0v) is 13.5. The molecule has 1 aromatic carbocycles. The molecule has 0 radical (unpaired) electrons. The van der Waals surface area contributed by atoms with Crippen molar-refractivity contribution >= 4 is 40.9 Å². The topological polar surface area (TPSA) is 124 Å². The molecule has 3 rings (SSSR count). The monoisotopic (exact) mass is 352 g/mol. The summed E-state index contributed by atoms with van der Waals surface area (Å²) in [6.45, 7) is 1.18. The molecule has 0 atom stereocenters. The maximum atomic E-state index is 11.8. The molecule has 0 unspecified atom stereocenters. The minimum absolute atomic E-state index is 0.00265. The Kier molecular flexibility index (Phi) is 4.01. The number of halogens is 2. The van der Waals surface area contributed by atoms with Crippen LogP contribution in [0.1, 0.15) is 10.5 Å². The normalized spacial score (nSPS) is 14.7. The van der Waals surface area contributed by atoms with E-state index in [9.17, 15) is 4.79 Å². The molecule has 23 heavy (non-hydrogen) atoms. The third kappa shape index (κ3) is 2.78. The third-order valence-corrected chi connectivity index (χ3v) is 4.39. The smallest absolute Gasteiger partial charge is 0.268 e. The lowest BCUT2D eigenvalue weighted by Crippen LogP contribution is -2.56. The summed E-state index contributed by atoms with van der Waals surface area (Å²) in [5.74, 6) is -0.301. The Hall–Kier alpha value is -2.09.